The smallest absolute Gasteiger partial charge is 0.237 e. The van der Waals surface area contributed by atoms with Crippen molar-refractivity contribution in [3.63, 3.8) is 0 Å². The lowest BCUT2D eigenvalue weighted by molar-refractivity contribution is -0.123. The molecule has 1 aromatic carbocycles. The Labute approximate surface area is 160 Å². The van der Waals surface area contributed by atoms with E-state index in [1.54, 1.807) is 6.20 Å². The highest BCUT2D eigenvalue weighted by Gasteiger charge is 2.29. The molecular formula is C21H30N4O2. The Bertz CT molecular complexity index is 765. The predicted octanol–water partition coefficient (Wildman–Crippen LogP) is 2.08. The molecule has 0 bridgehead atoms. The molecule has 1 fully saturated rings. The van der Waals surface area contributed by atoms with Crippen LogP contribution < -0.4 is 21.1 Å². The van der Waals surface area contributed by atoms with Crippen LogP contribution in [-0.4, -0.2) is 42.7 Å². The quantitative estimate of drug-likeness (QED) is 0.662. The number of nitrogens with two attached hydrogens (primary N) is 1. The van der Waals surface area contributed by atoms with Crippen LogP contribution in [0.5, 0.6) is 5.75 Å². The van der Waals surface area contributed by atoms with Gasteiger partial charge in [-0.15, -0.1) is 0 Å². The third-order valence-corrected chi connectivity index (χ3v) is 4.99. The van der Waals surface area contributed by atoms with Gasteiger partial charge in [0.2, 0.25) is 5.91 Å². The summed E-state index contributed by atoms with van der Waals surface area (Å²) in [4.78, 5) is 17.0. The van der Waals surface area contributed by atoms with Gasteiger partial charge in [-0.1, -0.05) is 32.0 Å². The van der Waals surface area contributed by atoms with Gasteiger partial charge in [0.25, 0.3) is 0 Å². The van der Waals surface area contributed by atoms with E-state index in [0.29, 0.717) is 25.0 Å². The lowest BCUT2D eigenvalue weighted by Gasteiger charge is -2.23. The maximum atomic E-state index is 12.6. The molecule has 3 rings (SSSR count). The van der Waals surface area contributed by atoms with E-state index in [0.717, 1.165) is 36.0 Å². The minimum Gasteiger partial charge on any atom is -0.490 e. The number of amides is 1. The Kier molecular flexibility index (Phi) is 6.63. The van der Waals surface area contributed by atoms with E-state index in [-0.39, 0.29) is 18.0 Å². The monoisotopic (exact) mass is 370 g/mol. The van der Waals surface area contributed by atoms with Crippen molar-refractivity contribution < 1.29 is 9.53 Å². The van der Waals surface area contributed by atoms with Gasteiger partial charge in [-0.25, -0.2) is 0 Å². The van der Waals surface area contributed by atoms with Crippen molar-refractivity contribution in [2.24, 2.45) is 17.6 Å². The highest BCUT2D eigenvalue weighted by Crippen LogP contribution is 2.19. The van der Waals surface area contributed by atoms with Gasteiger partial charge >= 0.3 is 0 Å². The lowest BCUT2D eigenvalue weighted by Crippen LogP contribution is -2.47. The van der Waals surface area contributed by atoms with Gasteiger partial charge in [0, 0.05) is 5.39 Å². The van der Waals surface area contributed by atoms with Gasteiger partial charge in [-0.05, 0) is 49.9 Å². The van der Waals surface area contributed by atoms with Crippen molar-refractivity contribution in [3.8, 4) is 5.75 Å². The van der Waals surface area contributed by atoms with Gasteiger partial charge in [0.15, 0.2) is 0 Å². The number of carbonyl (C=O) groups excluding carboxylic acids is 1. The van der Waals surface area contributed by atoms with Crippen LogP contribution in [0.4, 0.5) is 0 Å². The number of para-hydroxylation sites is 1. The van der Waals surface area contributed by atoms with Crippen molar-refractivity contribution in [1.82, 2.24) is 15.6 Å². The first-order chi connectivity index (χ1) is 13.0. The molecule has 6 heteroatoms. The Morgan fingerprint density at radius 3 is 2.96 bits per heavy atom. The minimum absolute atomic E-state index is 0.0387. The average molecular weight is 370 g/mol. The largest absolute Gasteiger partial charge is 0.490 e. The maximum Gasteiger partial charge on any atom is 0.237 e. The second-order valence-electron chi connectivity index (χ2n) is 7.81. The van der Waals surface area contributed by atoms with Gasteiger partial charge in [-0.3, -0.25) is 9.78 Å². The molecule has 1 aliphatic rings. The van der Waals surface area contributed by atoms with Gasteiger partial charge in [0.05, 0.1) is 23.8 Å². The molecule has 0 radical (unpaired) electrons. The summed E-state index contributed by atoms with van der Waals surface area (Å²) < 4.78 is 5.97. The summed E-state index contributed by atoms with van der Waals surface area (Å²) in [6.07, 6.45) is 3.40. The Hall–Kier alpha value is -2.18. The molecule has 1 amide bonds. The SMILES string of the molecule is CC(C)CC(COc1cnc2ccccc2c1)NC(=O)[C@H]1C[C@H](CN)CN1. The van der Waals surface area contributed by atoms with Crippen molar-refractivity contribution in [1.29, 1.82) is 0 Å². The van der Waals surface area contributed by atoms with Crippen LogP contribution in [0.3, 0.4) is 0 Å². The standard InChI is InChI=1S/C21H30N4O2/c1-14(2)7-17(25-21(26)20-8-15(10-22)11-23-20)13-27-18-9-16-5-3-4-6-19(16)24-12-18/h3-6,9,12,14-15,17,20,23H,7-8,10-11,13,22H2,1-2H3,(H,25,26)/t15-,17?,20-/m1/s1. The molecule has 4 N–H and O–H groups in total. The Morgan fingerprint density at radius 1 is 1.41 bits per heavy atom. The first kappa shape index (κ1) is 19.6. The number of nitrogens with zero attached hydrogens (tertiary/aromatic N) is 1. The summed E-state index contributed by atoms with van der Waals surface area (Å²) >= 11 is 0. The fraction of sp³-hybridized carbons (Fsp3) is 0.524. The highest BCUT2D eigenvalue weighted by molar-refractivity contribution is 5.82. The summed E-state index contributed by atoms with van der Waals surface area (Å²) in [7, 11) is 0. The predicted molar refractivity (Wildman–Crippen MR) is 108 cm³/mol. The number of nitrogens with one attached hydrogen (secondary N) is 2. The molecule has 1 aromatic heterocycles. The Balaban J connectivity index is 1.59. The molecule has 3 atom stereocenters. The van der Waals surface area contributed by atoms with E-state index in [9.17, 15) is 4.79 Å². The zero-order chi connectivity index (χ0) is 19.2. The summed E-state index contributed by atoms with van der Waals surface area (Å²) in [6.45, 7) is 6.15. The van der Waals surface area contributed by atoms with Crippen LogP contribution in [0, 0.1) is 11.8 Å². The lowest BCUT2D eigenvalue weighted by atomic mass is 10.0. The number of hydrogen-bond acceptors (Lipinski definition) is 5. The fourth-order valence-corrected chi connectivity index (χ4v) is 3.55. The van der Waals surface area contributed by atoms with Gasteiger partial charge < -0.3 is 21.1 Å². The van der Waals surface area contributed by atoms with Crippen molar-refractivity contribution in [2.45, 2.75) is 38.8 Å². The first-order valence-corrected chi connectivity index (χ1v) is 9.76. The summed E-state index contributed by atoms with van der Waals surface area (Å²) in [5.74, 6) is 1.60. The van der Waals surface area contributed by atoms with Crippen LogP contribution in [0.2, 0.25) is 0 Å². The summed E-state index contributed by atoms with van der Waals surface area (Å²) in [6, 6.07) is 9.74. The van der Waals surface area contributed by atoms with E-state index in [1.807, 2.05) is 30.3 Å². The minimum atomic E-state index is -0.157. The molecule has 2 heterocycles. The molecule has 1 saturated heterocycles. The van der Waals surface area contributed by atoms with E-state index < -0.39 is 0 Å². The summed E-state index contributed by atoms with van der Waals surface area (Å²) in [5.41, 5.74) is 6.66. The van der Waals surface area contributed by atoms with E-state index >= 15 is 0 Å². The number of carbonyl (C=O) groups is 1. The fourth-order valence-electron chi connectivity index (χ4n) is 3.55. The third-order valence-electron chi connectivity index (χ3n) is 4.99. The molecule has 6 nitrogen and oxygen atoms in total. The topological polar surface area (TPSA) is 89.3 Å². The van der Waals surface area contributed by atoms with Crippen LogP contribution >= 0.6 is 0 Å². The molecule has 0 saturated carbocycles. The molecule has 0 spiro atoms. The normalized spacial score (nSPS) is 20.7. The molecule has 1 unspecified atom stereocenters. The number of fused-ring (bicyclic) bond motifs is 1. The van der Waals surface area contributed by atoms with Crippen LogP contribution in [0.25, 0.3) is 10.9 Å². The molecule has 0 aliphatic carbocycles. The second-order valence-corrected chi connectivity index (χ2v) is 7.81. The molecule has 27 heavy (non-hydrogen) atoms. The van der Waals surface area contributed by atoms with Crippen LogP contribution in [0.1, 0.15) is 26.7 Å². The van der Waals surface area contributed by atoms with Crippen molar-refractivity contribution in [2.75, 3.05) is 19.7 Å². The van der Waals surface area contributed by atoms with E-state index in [2.05, 4.69) is 29.5 Å². The molecule has 1 aliphatic heterocycles. The van der Waals surface area contributed by atoms with E-state index in [4.69, 9.17) is 10.5 Å². The number of pyridine rings is 1. The zero-order valence-corrected chi connectivity index (χ0v) is 16.2. The maximum absolute atomic E-state index is 12.6. The molecule has 2 aromatic rings. The summed E-state index contributed by atoms with van der Waals surface area (Å²) in [5, 5.41) is 7.47. The zero-order valence-electron chi connectivity index (χ0n) is 16.2. The van der Waals surface area contributed by atoms with Crippen molar-refractivity contribution >= 4 is 16.8 Å². The number of hydrogen-bond donors (Lipinski definition) is 3. The number of rotatable bonds is 8. The average Bonchev–Trinajstić information content (AvgIpc) is 3.15. The first-order valence-electron chi connectivity index (χ1n) is 9.76. The van der Waals surface area contributed by atoms with Gasteiger partial charge in [0.1, 0.15) is 12.4 Å². The van der Waals surface area contributed by atoms with E-state index in [1.165, 1.54) is 0 Å². The van der Waals surface area contributed by atoms with Crippen LogP contribution in [0.15, 0.2) is 36.5 Å². The number of aromatic nitrogens is 1. The molecule has 146 valence electrons. The van der Waals surface area contributed by atoms with Crippen molar-refractivity contribution in [3.05, 3.63) is 36.5 Å². The molecular weight excluding hydrogens is 340 g/mol. The number of benzene rings is 1. The second kappa shape index (κ2) is 9.15. The number of ether oxygens (including phenoxy) is 1. The van der Waals surface area contributed by atoms with Crippen LogP contribution in [-0.2, 0) is 4.79 Å². The highest BCUT2D eigenvalue weighted by atomic mass is 16.5. The third kappa shape index (κ3) is 5.40. The van der Waals surface area contributed by atoms with Gasteiger partial charge in [-0.2, -0.15) is 0 Å². The Morgan fingerprint density at radius 2 is 2.22 bits per heavy atom.